The average Bonchev–Trinajstić information content (AvgIpc) is 2.18. The summed E-state index contributed by atoms with van der Waals surface area (Å²) in [6.07, 6.45) is 1.45. The Balaban J connectivity index is 2.97. The summed E-state index contributed by atoms with van der Waals surface area (Å²) in [5.74, 6) is -0.540. The van der Waals surface area contributed by atoms with Crippen molar-refractivity contribution in [3.63, 3.8) is 0 Å². The zero-order valence-electron chi connectivity index (χ0n) is 6.96. The van der Waals surface area contributed by atoms with Gasteiger partial charge in [0, 0.05) is 17.0 Å². The molecule has 0 atom stereocenters. The summed E-state index contributed by atoms with van der Waals surface area (Å²) in [6.45, 7) is 0. The molecule has 0 saturated heterocycles. The molecule has 0 radical (unpaired) electrons. The van der Waals surface area contributed by atoms with Gasteiger partial charge in [0.15, 0.2) is 0 Å². The minimum absolute atomic E-state index is 0.00630. The maximum atomic E-state index is 13.2. The van der Waals surface area contributed by atoms with Gasteiger partial charge in [-0.05, 0) is 18.2 Å². The molecule has 0 N–H and O–H groups in total. The number of hydrogen-bond acceptors (Lipinski definition) is 2. The highest BCUT2D eigenvalue weighted by Gasteiger charge is 2.08. The molecule has 0 fully saturated rings. The Morgan fingerprint density at radius 3 is 2.79 bits per heavy atom. The van der Waals surface area contributed by atoms with E-state index in [1.54, 1.807) is 12.1 Å². The quantitative estimate of drug-likeness (QED) is 0.622. The maximum Gasteiger partial charge on any atom is 0.141 e. The topological polar surface area (TPSA) is 36.7 Å². The molecule has 0 spiro atoms. The minimum atomic E-state index is -0.540. The van der Waals surface area contributed by atoms with Crippen molar-refractivity contribution >= 4 is 22.4 Å². The molecule has 0 aliphatic heterocycles. The minimum Gasteiger partial charge on any atom is -0.244 e. The van der Waals surface area contributed by atoms with E-state index in [1.165, 1.54) is 18.3 Å². The van der Waals surface area contributed by atoms with Crippen LogP contribution in [0.5, 0.6) is 0 Å². The summed E-state index contributed by atoms with van der Waals surface area (Å²) < 4.78 is 13.2. The fourth-order valence-corrected chi connectivity index (χ4v) is 1.53. The van der Waals surface area contributed by atoms with E-state index in [1.807, 2.05) is 0 Å². The van der Waals surface area contributed by atoms with Crippen molar-refractivity contribution in [3.05, 3.63) is 40.9 Å². The van der Waals surface area contributed by atoms with E-state index in [-0.39, 0.29) is 10.7 Å². The molecule has 14 heavy (non-hydrogen) atoms. The number of nitrogens with zero attached hydrogens (tertiary/aromatic N) is 2. The van der Waals surface area contributed by atoms with Gasteiger partial charge in [0.25, 0.3) is 0 Å². The Kier molecular flexibility index (Phi) is 2.06. The summed E-state index contributed by atoms with van der Waals surface area (Å²) in [5.41, 5.74) is 0.00630. The van der Waals surface area contributed by atoms with Gasteiger partial charge in [0.1, 0.15) is 17.0 Å². The lowest BCUT2D eigenvalue weighted by atomic mass is 10.1. The molecule has 4 heteroatoms. The molecule has 1 aromatic heterocycles. The second kappa shape index (κ2) is 3.24. The standard InChI is InChI=1S/C10H4ClFN2/c11-10-7-1-2-9(12)8(5-13)6(7)3-4-14-10/h1-4H. The SMILES string of the molecule is N#Cc1c(F)ccc2c(Cl)nccc12. The van der Waals surface area contributed by atoms with E-state index in [0.717, 1.165) is 0 Å². The smallest absolute Gasteiger partial charge is 0.141 e. The number of aromatic nitrogens is 1. The maximum absolute atomic E-state index is 13.2. The van der Waals surface area contributed by atoms with Crippen molar-refractivity contribution in [2.45, 2.75) is 0 Å². The van der Waals surface area contributed by atoms with Crippen LogP contribution in [0.25, 0.3) is 10.8 Å². The molecular formula is C10H4ClFN2. The zero-order valence-corrected chi connectivity index (χ0v) is 7.72. The third-order valence-corrected chi connectivity index (χ3v) is 2.26. The summed E-state index contributed by atoms with van der Waals surface area (Å²) in [4.78, 5) is 3.85. The number of fused-ring (bicyclic) bond motifs is 1. The van der Waals surface area contributed by atoms with Gasteiger partial charge in [0.2, 0.25) is 0 Å². The molecule has 0 saturated carbocycles. The van der Waals surface area contributed by atoms with Crippen LogP contribution in [0, 0.1) is 17.1 Å². The molecule has 1 aromatic carbocycles. The predicted molar refractivity (Wildman–Crippen MR) is 51.4 cm³/mol. The Labute approximate surface area is 84.6 Å². The molecule has 2 rings (SSSR count). The summed E-state index contributed by atoms with van der Waals surface area (Å²) >= 11 is 5.80. The number of pyridine rings is 1. The van der Waals surface area contributed by atoms with Crippen molar-refractivity contribution in [3.8, 4) is 6.07 Å². The van der Waals surface area contributed by atoms with Crippen LogP contribution in [0.2, 0.25) is 5.15 Å². The van der Waals surface area contributed by atoms with Gasteiger partial charge in [-0.1, -0.05) is 11.6 Å². The Morgan fingerprint density at radius 2 is 2.07 bits per heavy atom. The van der Waals surface area contributed by atoms with Crippen molar-refractivity contribution in [1.29, 1.82) is 5.26 Å². The first-order chi connectivity index (χ1) is 6.74. The lowest BCUT2D eigenvalue weighted by Crippen LogP contribution is -1.87. The number of nitriles is 1. The van der Waals surface area contributed by atoms with Crippen LogP contribution < -0.4 is 0 Å². The molecule has 0 aliphatic rings. The first kappa shape index (κ1) is 8.92. The lowest BCUT2D eigenvalue weighted by molar-refractivity contribution is 0.626. The largest absolute Gasteiger partial charge is 0.244 e. The number of halogens is 2. The highest BCUT2D eigenvalue weighted by molar-refractivity contribution is 6.34. The molecule has 0 amide bonds. The van der Waals surface area contributed by atoms with Crippen LogP contribution in [0.15, 0.2) is 24.4 Å². The van der Waals surface area contributed by atoms with Crippen LogP contribution >= 0.6 is 11.6 Å². The van der Waals surface area contributed by atoms with E-state index < -0.39 is 5.82 Å². The molecule has 0 aliphatic carbocycles. The normalized spacial score (nSPS) is 10.1. The van der Waals surface area contributed by atoms with E-state index in [0.29, 0.717) is 10.8 Å². The Hall–Kier alpha value is -1.66. The van der Waals surface area contributed by atoms with Gasteiger partial charge in [-0.2, -0.15) is 5.26 Å². The molecule has 2 nitrogen and oxygen atoms in total. The third-order valence-electron chi connectivity index (χ3n) is 1.96. The molecule has 0 unspecified atom stereocenters. The van der Waals surface area contributed by atoms with E-state index >= 15 is 0 Å². The van der Waals surface area contributed by atoms with Crippen LogP contribution in [-0.2, 0) is 0 Å². The number of benzene rings is 1. The van der Waals surface area contributed by atoms with Gasteiger partial charge in [-0.25, -0.2) is 9.37 Å². The lowest BCUT2D eigenvalue weighted by Gasteiger charge is -2.01. The Bertz CT molecular complexity index is 546. The van der Waals surface area contributed by atoms with Crippen molar-refractivity contribution in [2.24, 2.45) is 0 Å². The molecular weight excluding hydrogens is 203 g/mol. The highest BCUT2D eigenvalue weighted by Crippen LogP contribution is 2.25. The zero-order chi connectivity index (χ0) is 10.1. The first-order valence-electron chi connectivity index (χ1n) is 3.87. The van der Waals surface area contributed by atoms with E-state index in [9.17, 15) is 4.39 Å². The highest BCUT2D eigenvalue weighted by atomic mass is 35.5. The molecule has 0 bridgehead atoms. The summed E-state index contributed by atoms with van der Waals surface area (Å²) in [7, 11) is 0. The van der Waals surface area contributed by atoms with Crippen LogP contribution in [-0.4, -0.2) is 4.98 Å². The van der Waals surface area contributed by atoms with Crippen molar-refractivity contribution < 1.29 is 4.39 Å². The molecule has 2 aromatic rings. The Morgan fingerprint density at radius 1 is 1.29 bits per heavy atom. The van der Waals surface area contributed by atoms with Crippen molar-refractivity contribution in [1.82, 2.24) is 4.98 Å². The van der Waals surface area contributed by atoms with Crippen LogP contribution in [0.3, 0.4) is 0 Å². The van der Waals surface area contributed by atoms with Gasteiger partial charge in [0.05, 0.1) is 5.56 Å². The second-order valence-corrected chi connectivity index (χ2v) is 3.09. The van der Waals surface area contributed by atoms with Gasteiger partial charge in [-0.15, -0.1) is 0 Å². The predicted octanol–water partition coefficient (Wildman–Crippen LogP) is 2.90. The van der Waals surface area contributed by atoms with E-state index in [4.69, 9.17) is 16.9 Å². The third kappa shape index (κ3) is 1.21. The fraction of sp³-hybridized carbons (Fsp3) is 0. The monoisotopic (exact) mass is 206 g/mol. The summed E-state index contributed by atoms with van der Waals surface area (Å²) in [6, 6.07) is 6.11. The fourth-order valence-electron chi connectivity index (χ4n) is 1.31. The van der Waals surface area contributed by atoms with E-state index in [2.05, 4.69) is 4.98 Å². The van der Waals surface area contributed by atoms with Gasteiger partial charge >= 0.3 is 0 Å². The summed E-state index contributed by atoms with van der Waals surface area (Å²) in [5, 5.41) is 10.1. The van der Waals surface area contributed by atoms with Gasteiger partial charge in [-0.3, -0.25) is 0 Å². The van der Waals surface area contributed by atoms with Crippen LogP contribution in [0.1, 0.15) is 5.56 Å². The number of rotatable bonds is 0. The van der Waals surface area contributed by atoms with Gasteiger partial charge < -0.3 is 0 Å². The molecule has 68 valence electrons. The molecule has 1 heterocycles. The average molecular weight is 207 g/mol. The first-order valence-corrected chi connectivity index (χ1v) is 4.24. The second-order valence-electron chi connectivity index (χ2n) is 2.73. The number of hydrogen-bond donors (Lipinski definition) is 0. The van der Waals surface area contributed by atoms with Crippen molar-refractivity contribution in [2.75, 3.05) is 0 Å². The van der Waals surface area contributed by atoms with Crippen LogP contribution in [0.4, 0.5) is 4.39 Å².